The first-order valence-electron chi connectivity index (χ1n) is 8.17. The number of hydrogen-bond acceptors (Lipinski definition) is 5. The van der Waals surface area contributed by atoms with Crippen molar-refractivity contribution < 1.29 is 15.0 Å². The van der Waals surface area contributed by atoms with E-state index >= 15 is 0 Å². The summed E-state index contributed by atoms with van der Waals surface area (Å²) in [4.78, 5) is 22.9. The molecule has 2 atom stereocenters. The number of piperidine rings is 1. The number of benzene rings is 1. The van der Waals surface area contributed by atoms with Gasteiger partial charge in [-0.05, 0) is 24.6 Å². The number of amides is 1. The van der Waals surface area contributed by atoms with Crippen molar-refractivity contribution in [3.63, 3.8) is 0 Å². The molecule has 0 radical (unpaired) electrons. The monoisotopic (exact) mass is 338 g/mol. The third-order valence-corrected chi connectivity index (χ3v) is 4.50. The number of pyridine rings is 1. The summed E-state index contributed by atoms with van der Waals surface area (Å²) in [6.45, 7) is 0.532. The van der Waals surface area contributed by atoms with Gasteiger partial charge in [-0.25, -0.2) is 9.97 Å². The number of aliphatic hydroxyl groups is 2. The van der Waals surface area contributed by atoms with Crippen LogP contribution in [0.3, 0.4) is 0 Å². The van der Waals surface area contributed by atoms with Crippen LogP contribution in [0.2, 0.25) is 0 Å². The van der Waals surface area contributed by atoms with Gasteiger partial charge >= 0.3 is 0 Å². The molecular formula is C18H18N4O3. The molecule has 0 aliphatic carbocycles. The van der Waals surface area contributed by atoms with Crippen LogP contribution in [0.15, 0.2) is 48.9 Å². The first kappa shape index (κ1) is 15.7. The number of aliphatic hydroxyl groups excluding tert-OH is 2. The lowest BCUT2D eigenvalue weighted by molar-refractivity contribution is -0.0321. The Morgan fingerprint density at radius 3 is 2.68 bits per heavy atom. The standard InChI is InChI=1S/C18H18N4O3/c23-15-6-7-21(10-16(15)24)18(25)12-8-14-17(19-9-12)22(11-20-14)13-4-2-1-3-5-13/h1-5,8-9,11,15-16,23-24H,6-7,10H2/t15-,16+/m0/s1. The largest absolute Gasteiger partial charge is 0.390 e. The van der Waals surface area contributed by atoms with Crippen molar-refractivity contribution in [2.24, 2.45) is 0 Å². The number of carbonyl (C=O) groups excluding carboxylic acids is 1. The zero-order valence-corrected chi connectivity index (χ0v) is 13.5. The summed E-state index contributed by atoms with van der Waals surface area (Å²) >= 11 is 0. The van der Waals surface area contributed by atoms with E-state index in [2.05, 4.69) is 9.97 Å². The van der Waals surface area contributed by atoms with Gasteiger partial charge < -0.3 is 15.1 Å². The molecule has 128 valence electrons. The van der Waals surface area contributed by atoms with Crippen LogP contribution >= 0.6 is 0 Å². The second-order valence-corrected chi connectivity index (χ2v) is 6.19. The molecule has 0 spiro atoms. The lowest BCUT2D eigenvalue weighted by atomic mass is 10.0. The highest BCUT2D eigenvalue weighted by Gasteiger charge is 2.29. The molecule has 25 heavy (non-hydrogen) atoms. The molecule has 0 bridgehead atoms. The molecule has 1 amide bonds. The Morgan fingerprint density at radius 1 is 1.12 bits per heavy atom. The smallest absolute Gasteiger partial charge is 0.255 e. The summed E-state index contributed by atoms with van der Waals surface area (Å²) in [5, 5.41) is 19.4. The molecule has 1 aliphatic rings. The van der Waals surface area contributed by atoms with Gasteiger partial charge in [-0.15, -0.1) is 0 Å². The third kappa shape index (κ3) is 2.88. The van der Waals surface area contributed by atoms with Crippen molar-refractivity contribution in [1.82, 2.24) is 19.4 Å². The Kier molecular flexibility index (Phi) is 3.95. The zero-order valence-electron chi connectivity index (χ0n) is 13.5. The molecule has 4 rings (SSSR count). The fourth-order valence-corrected chi connectivity index (χ4v) is 3.08. The number of para-hydroxylation sites is 1. The van der Waals surface area contributed by atoms with Gasteiger partial charge in [0.25, 0.3) is 5.91 Å². The van der Waals surface area contributed by atoms with Gasteiger partial charge in [0, 0.05) is 25.0 Å². The van der Waals surface area contributed by atoms with Crippen molar-refractivity contribution in [2.45, 2.75) is 18.6 Å². The zero-order chi connectivity index (χ0) is 17.4. The van der Waals surface area contributed by atoms with E-state index in [1.807, 2.05) is 34.9 Å². The van der Waals surface area contributed by atoms with Crippen LogP contribution < -0.4 is 0 Å². The molecule has 2 aromatic heterocycles. The number of rotatable bonds is 2. The highest BCUT2D eigenvalue weighted by atomic mass is 16.3. The van der Waals surface area contributed by atoms with Crippen LogP contribution in [0.4, 0.5) is 0 Å². The summed E-state index contributed by atoms with van der Waals surface area (Å²) in [5.74, 6) is -0.213. The highest BCUT2D eigenvalue weighted by molar-refractivity contribution is 5.96. The van der Waals surface area contributed by atoms with Crippen molar-refractivity contribution >= 4 is 17.1 Å². The van der Waals surface area contributed by atoms with E-state index < -0.39 is 12.2 Å². The van der Waals surface area contributed by atoms with Gasteiger partial charge in [0.15, 0.2) is 5.65 Å². The Labute approximate surface area is 144 Å². The van der Waals surface area contributed by atoms with Crippen LogP contribution in [0.1, 0.15) is 16.8 Å². The maximum atomic E-state index is 12.6. The van der Waals surface area contributed by atoms with E-state index in [0.29, 0.717) is 29.7 Å². The lowest BCUT2D eigenvalue weighted by Crippen LogP contribution is -2.48. The van der Waals surface area contributed by atoms with E-state index in [4.69, 9.17) is 0 Å². The van der Waals surface area contributed by atoms with Gasteiger partial charge in [-0.1, -0.05) is 18.2 Å². The Morgan fingerprint density at radius 2 is 1.92 bits per heavy atom. The van der Waals surface area contributed by atoms with Crippen LogP contribution in [0.5, 0.6) is 0 Å². The van der Waals surface area contributed by atoms with Crippen molar-refractivity contribution in [3.8, 4) is 5.69 Å². The Bertz CT molecular complexity index is 909. The van der Waals surface area contributed by atoms with Crippen molar-refractivity contribution in [2.75, 3.05) is 13.1 Å². The van der Waals surface area contributed by atoms with Crippen molar-refractivity contribution in [1.29, 1.82) is 0 Å². The number of nitrogens with zero attached hydrogens (tertiary/aromatic N) is 4. The average molecular weight is 338 g/mol. The van der Waals surface area contributed by atoms with Crippen LogP contribution in [0.25, 0.3) is 16.9 Å². The average Bonchev–Trinajstić information content (AvgIpc) is 3.07. The minimum atomic E-state index is -0.910. The number of fused-ring (bicyclic) bond motifs is 1. The number of carbonyl (C=O) groups is 1. The third-order valence-electron chi connectivity index (χ3n) is 4.50. The number of β-amino-alcohol motifs (C(OH)–C–C–N with tert-alkyl or cyclic N) is 1. The van der Waals surface area contributed by atoms with Crippen LogP contribution in [0, 0.1) is 0 Å². The number of likely N-dealkylation sites (tertiary alicyclic amines) is 1. The predicted octanol–water partition coefficient (Wildman–Crippen LogP) is 0.988. The molecule has 1 aliphatic heterocycles. The molecular weight excluding hydrogens is 320 g/mol. The fraction of sp³-hybridized carbons (Fsp3) is 0.278. The van der Waals surface area contributed by atoms with Gasteiger partial charge in [-0.3, -0.25) is 9.36 Å². The Balaban J connectivity index is 1.63. The van der Waals surface area contributed by atoms with Gasteiger partial charge in [0.2, 0.25) is 0 Å². The minimum absolute atomic E-state index is 0.122. The molecule has 3 heterocycles. The fourth-order valence-electron chi connectivity index (χ4n) is 3.08. The van der Waals surface area contributed by atoms with Gasteiger partial charge in [0.05, 0.1) is 17.8 Å². The normalized spacial score (nSPS) is 20.8. The maximum absolute atomic E-state index is 12.6. The molecule has 7 nitrogen and oxygen atoms in total. The van der Waals surface area contributed by atoms with Crippen molar-refractivity contribution in [3.05, 3.63) is 54.5 Å². The summed E-state index contributed by atoms with van der Waals surface area (Å²) in [6, 6.07) is 11.5. The molecule has 3 aromatic rings. The maximum Gasteiger partial charge on any atom is 0.255 e. The molecule has 2 N–H and O–H groups in total. The first-order chi connectivity index (χ1) is 12.1. The number of hydrogen-bond donors (Lipinski definition) is 2. The summed E-state index contributed by atoms with van der Waals surface area (Å²) in [6.07, 6.45) is 1.90. The molecule has 1 aromatic carbocycles. The number of imidazole rings is 1. The molecule has 1 saturated heterocycles. The summed E-state index contributed by atoms with van der Waals surface area (Å²) in [7, 11) is 0. The first-order valence-corrected chi connectivity index (χ1v) is 8.17. The van der Waals surface area contributed by atoms with E-state index in [1.54, 1.807) is 12.4 Å². The van der Waals surface area contributed by atoms with Crippen LogP contribution in [-0.4, -0.2) is 60.9 Å². The van der Waals surface area contributed by atoms with Gasteiger partial charge in [-0.2, -0.15) is 0 Å². The quantitative estimate of drug-likeness (QED) is 0.727. The second kappa shape index (κ2) is 6.27. The molecule has 0 unspecified atom stereocenters. The van der Waals surface area contributed by atoms with Gasteiger partial charge in [0.1, 0.15) is 11.8 Å². The summed E-state index contributed by atoms with van der Waals surface area (Å²) < 4.78 is 1.87. The summed E-state index contributed by atoms with van der Waals surface area (Å²) in [5.41, 5.74) is 2.68. The minimum Gasteiger partial charge on any atom is -0.390 e. The van der Waals surface area contributed by atoms with E-state index in [0.717, 1.165) is 5.69 Å². The Hall–Kier alpha value is -2.77. The lowest BCUT2D eigenvalue weighted by Gasteiger charge is -2.33. The SMILES string of the molecule is O=C(c1cnc2c(c1)ncn2-c1ccccc1)N1CC[C@H](O)[C@H](O)C1. The molecule has 0 saturated carbocycles. The topological polar surface area (TPSA) is 91.5 Å². The van der Waals surface area contributed by atoms with E-state index in [1.165, 1.54) is 11.1 Å². The molecule has 1 fully saturated rings. The second-order valence-electron chi connectivity index (χ2n) is 6.19. The van der Waals surface area contributed by atoms with Crippen LogP contribution in [-0.2, 0) is 0 Å². The predicted molar refractivity (Wildman–Crippen MR) is 91.4 cm³/mol. The van der Waals surface area contributed by atoms with E-state index in [-0.39, 0.29) is 12.5 Å². The van der Waals surface area contributed by atoms with E-state index in [9.17, 15) is 15.0 Å². The number of aromatic nitrogens is 3. The highest BCUT2D eigenvalue weighted by Crippen LogP contribution is 2.19. The molecule has 7 heteroatoms.